The average molecular weight is 409 g/mol. The molecule has 1 saturated carbocycles. The highest BCUT2D eigenvalue weighted by atomic mass is 28.4. The van der Waals surface area contributed by atoms with Gasteiger partial charge >= 0.3 is 0 Å². The fraction of sp³-hybridized carbons (Fsp3) is 0.826. The van der Waals surface area contributed by atoms with E-state index in [-0.39, 0.29) is 17.2 Å². The van der Waals surface area contributed by atoms with Gasteiger partial charge in [0, 0.05) is 0 Å². The highest BCUT2D eigenvalue weighted by Crippen LogP contribution is 2.44. The molecular formula is C23H44O2Si2. The van der Waals surface area contributed by atoms with Crippen molar-refractivity contribution in [1.29, 1.82) is 0 Å². The lowest BCUT2D eigenvalue weighted by Gasteiger charge is -2.46. The third-order valence-electron chi connectivity index (χ3n) is 6.47. The van der Waals surface area contributed by atoms with Gasteiger partial charge in [-0.1, -0.05) is 45.8 Å². The SMILES string of the molecule is C#C[C@@H](C[C@H]1[C@H](O[Si](C)(C)C)[C@H](C)CC[C@@H]1C(=C)C)O[Si](C)(C)C(C)(C)C. The van der Waals surface area contributed by atoms with Crippen LogP contribution in [0.5, 0.6) is 0 Å². The summed E-state index contributed by atoms with van der Waals surface area (Å²) in [6, 6.07) is 0. The van der Waals surface area contributed by atoms with E-state index in [2.05, 4.69) is 79.9 Å². The molecule has 156 valence electrons. The Morgan fingerprint density at radius 2 is 1.74 bits per heavy atom. The van der Waals surface area contributed by atoms with E-state index in [1.54, 1.807) is 0 Å². The maximum absolute atomic E-state index is 6.71. The monoisotopic (exact) mass is 408 g/mol. The third kappa shape index (κ3) is 6.89. The highest BCUT2D eigenvalue weighted by molar-refractivity contribution is 6.74. The van der Waals surface area contributed by atoms with Gasteiger partial charge in [0.2, 0.25) is 0 Å². The van der Waals surface area contributed by atoms with Crippen LogP contribution in [0, 0.1) is 30.1 Å². The first-order chi connectivity index (χ1) is 12.1. The van der Waals surface area contributed by atoms with Gasteiger partial charge in [-0.15, -0.1) is 6.42 Å². The molecule has 0 bridgehead atoms. The van der Waals surface area contributed by atoms with E-state index in [9.17, 15) is 0 Å². The summed E-state index contributed by atoms with van der Waals surface area (Å²) in [5.41, 5.74) is 1.26. The Morgan fingerprint density at radius 3 is 2.15 bits per heavy atom. The minimum atomic E-state index is -1.91. The summed E-state index contributed by atoms with van der Waals surface area (Å²) in [4.78, 5) is 0. The van der Waals surface area contributed by atoms with Crippen LogP contribution in [-0.2, 0) is 8.85 Å². The first-order valence-corrected chi connectivity index (χ1v) is 16.9. The number of terminal acetylenes is 1. The molecule has 1 aliphatic rings. The van der Waals surface area contributed by atoms with Crippen molar-refractivity contribution in [3.05, 3.63) is 12.2 Å². The molecule has 0 aromatic rings. The molecule has 27 heavy (non-hydrogen) atoms. The van der Waals surface area contributed by atoms with E-state index >= 15 is 0 Å². The molecule has 2 nitrogen and oxygen atoms in total. The molecule has 0 aliphatic heterocycles. The van der Waals surface area contributed by atoms with Crippen LogP contribution in [0.1, 0.15) is 53.9 Å². The zero-order valence-corrected chi connectivity index (χ0v) is 21.6. The van der Waals surface area contributed by atoms with E-state index < -0.39 is 16.6 Å². The molecule has 0 aromatic heterocycles. The number of rotatable bonds is 7. The molecular weight excluding hydrogens is 364 g/mol. The van der Waals surface area contributed by atoms with Crippen molar-refractivity contribution >= 4 is 16.6 Å². The predicted octanol–water partition coefficient (Wildman–Crippen LogP) is 6.86. The smallest absolute Gasteiger partial charge is 0.193 e. The molecule has 1 rings (SSSR count). The first-order valence-electron chi connectivity index (χ1n) is 10.6. The Kier molecular flexibility index (Phi) is 8.22. The van der Waals surface area contributed by atoms with E-state index in [1.165, 1.54) is 18.4 Å². The molecule has 1 aliphatic carbocycles. The second kappa shape index (κ2) is 8.99. The van der Waals surface area contributed by atoms with Crippen molar-refractivity contribution in [2.75, 3.05) is 0 Å². The van der Waals surface area contributed by atoms with Crippen LogP contribution in [0.15, 0.2) is 12.2 Å². The van der Waals surface area contributed by atoms with Gasteiger partial charge in [-0.2, -0.15) is 0 Å². The number of hydrogen-bond donors (Lipinski definition) is 0. The summed E-state index contributed by atoms with van der Waals surface area (Å²) in [6.07, 6.45) is 9.34. The van der Waals surface area contributed by atoms with Gasteiger partial charge in [0.05, 0.1) is 6.10 Å². The Labute approximate surface area is 171 Å². The van der Waals surface area contributed by atoms with Gasteiger partial charge < -0.3 is 8.85 Å². The van der Waals surface area contributed by atoms with Crippen molar-refractivity contribution in [2.24, 2.45) is 17.8 Å². The van der Waals surface area contributed by atoms with Crippen molar-refractivity contribution in [2.45, 2.75) is 104 Å². The van der Waals surface area contributed by atoms with E-state index in [0.29, 0.717) is 17.8 Å². The van der Waals surface area contributed by atoms with Crippen molar-refractivity contribution < 1.29 is 8.85 Å². The molecule has 0 radical (unpaired) electrons. The largest absolute Gasteiger partial charge is 0.414 e. The molecule has 4 heteroatoms. The molecule has 1 fully saturated rings. The molecule has 0 N–H and O–H groups in total. The first kappa shape index (κ1) is 24.7. The van der Waals surface area contributed by atoms with E-state index in [1.807, 2.05) is 0 Å². The maximum Gasteiger partial charge on any atom is 0.193 e. The lowest BCUT2D eigenvalue weighted by atomic mass is 9.68. The van der Waals surface area contributed by atoms with Crippen LogP contribution in [0.3, 0.4) is 0 Å². The summed E-state index contributed by atoms with van der Waals surface area (Å²) < 4.78 is 13.3. The quantitative estimate of drug-likeness (QED) is 0.260. The van der Waals surface area contributed by atoms with E-state index in [4.69, 9.17) is 15.3 Å². The molecule has 0 spiro atoms. The molecule has 0 unspecified atom stereocenters. The maximum atomic E-state index is 6.71. The topological polar surface area (TPSA) is 18.5 Å². The van der Waals surface area contributed by atoms with Gasteiger partial charge in [0.15, 0.2) is 16.6 Å². The molecule has 0 aromatic carbocycles. The second-order valence-corrected chi connectivity index (χ2v) is 20.4. The van der Waals surface area contributed by atoms with Crippen LogP contribution in [0.25, 0.3) is 0 Å². The predicted molar refractivity (Wildman–Crippen MR) is 124 cm³/mol. The van der Waals surface area contributed by atoms with Crippen LogP contribution < -0.4 is 0 Å². The third-order valence-corrected chi connectivity index (χ3v) is 11.9. The fourth-order valence-corrected chi connectivity index (χ4v) is 6.38. The number of hydrogen-bond acceptors (Lipinski definition) is 2. The highest BCUT2D eigenvalue weighted by Gasteiger charge is 2.44. The lowest BCUT2D eigenvalue weighted by molar-refractivity contribution is -0.00110. The summed E-state index contributed by atoms with van der Waals surface area (Å²) in [7, 11) is -3.55. The van der Waals surface area contributed by atoms with Crippen LogP contribution in [0.4, 0.5) is 0 Å². The van der Waals surface area contributed by atoms with Gasteiger partial charge in [0.1, 0.15) is 6.10 Å². The minimum absolute atomic E-state index is 0.143. The van der Waals surface area contributed by atoms with Gasteiger partial charge in [-0.3, -0.25) is 0 Å². The Morgan fingerprint density at radius 1 is 1.19 bits per heavy atom. The average Bonchev–Trinajstić information content (AvgIpc) is 2.47. The van der Waals surface area contributed by atoms with Crippen LogP contribution in [-0.4, -0.2) is 28.8 Å². The Balaban J connectivity index is 3.12. The summed E-state index contributed by atoms with van der Waals surface area (Å²) in [5.74, 6) is 4.40. The lowest BCUT2D eigenvalue weighted by Crippen LogP contribution is -2.49. The van der Waals surface area contributed by atoms with Crippen LogP contribution >= 0.6 is 0 Å². The van der Waals surface area contributed by atoms with Crippen molar-refractivity contribution in [1.82, 2.24) is 0 Å². The summed E-state index contributed by atoms with van der Waals surface area (Å²) in [5, 5.41) is 0.157. The van der Waals surface area contributed by atoms with Crippen molar-refractivity contribution in [3.63, 3.8) is 0 Å². The van der Waals surface area contributed by atoms with Gasteiger partial charge in [0.25, 0.3) is 0 Å². The zero-order chi connectivity index (χ0) is 21.2. The minimum Gasteiger partial charge on any atom is -0.414 e. The molecule has 0 amide bonds. The van der Waals surface area contributed by atoms with Gasteiger partial charge in [-0.05, 0) is 81.7 Å². The fourth-order valence-electron chi connectivity index (χ4n) is 3.92. The van der Waals surface area contributed by atoms with Crippen molar-refractivity contribution in [3.8, 4) is 12.3 Å². The Hall–Kier alpha value is -0.346. The normalized spacial score (nSPS) is 28.5. The van der Waals surface area contributed by atoms with Gasteiger partial charge in [-0.25, -0.2) is 0 Å². The standard InChI is InChI=1S/C23H44O2Si2/c1-13-19(24-27(11,12)23(5,6)7)16-21-20(17(2)3)15-14-18(4)22(21)25-26(8,9)10/h1,18-22H,2,14-16H2,3-12H3/t18-,19+,20-,21-,22-/m1/s1. The van der Waals surface area contributed by atoms with E-state index in [0.717, 1.165) is 6.42 Å². The summed E-state index contributed by atoms with van der Waals surface area (Å²) in [6.45, 7) is 27.0. The molecule has 5 atom stereocenters. The summed E-state index contributed by atoms with van der Waals surface area (Å²) >= 11 is 0. The second-order valence-electron chi connectivity index (χ2n) is 11.1. The number of allylic oxidation sites excluding steroid dienone is 1. The van der Waals surface area contributed by atoms with Crippen LogP contribution in [0.2, 0.25) is 37.8 Å². The molecule has 0 heterocycles. The molecule has 0 saturated heterocycles. The zero-order valence-electron chi connectivity index (χ0n) is 19.6. The Bertz CT molecular complexity index is 548.